The first kappa shape index (κ1) is 14.4. The van der Waals surface area contributed by atoms with Gasteiger partial charge in [0.25, 0.3) is 5.56 Å². The zero-order valence-corrected chi connectivity index (χ0v) is 12.4. The molecule has 0 radical (unpaired) electrons. The van der Waals surface area contributed by atoms with E-state index in [9.17, 15) is 9.59 Å². The van der Waals surface area contributed by atoms with Crippen molar-refractivity contribution in [2.24, 2.45) is 0 Å². The lowest BCUT2D eigenvalue weighted by molar-refractivity contribution is -0.132. The first-order valence-electron chi connectivity index (χ1n) is 7.39. The van der Waals surface area contributed by atoms with Gasteiger partial charge in [-0.05, 0) is 44.0 Å². The maximum absolute atomic E-state index is 12.4. The number of para-hydroxylation sites is 1. The second kappa shape index (κ2) is 6.05. The van der Waals surface area contributed by atoms with Gasteiger partial charge in [0.15, 0.2) is 0 Å². The number of hydrogen-bond donors (Lipinski definition) is 1. The number of carbonyl (C=O) groups is 1. The van der Waals surface area contributed by atoms with Gasteiger partial charge < -0.3 is 14.6 Å². The highest BCUT2D eigenvalue weighted by molar-refractivity contribution is 5.77. The highest BCUT2D eigenvalue weighted by Crippen LogP contribution is 2.23. The van der Waals surface area contributed by atoms with E-state index in [-0.39, 0.29) is 18.1 Å². The van der Waals surface area contributed by atoms with Crippen LogP contribution >= 0.6 is 0 Å². The summed E-state index contributed by atoms with van der Waals surface area (Å²) in [6, 6.07) is 12.8. The first-order valence-corrected chi connectivity index (χ1v) is 7.39. The van der Waals surface area contributed by atoms with Crippen molar-refractivity contribution in [2.75, 3.05) is 11.9 Å². The molecule has 0 saturated carbocycles. The van der Waals surface area contributed by atoms with Gasteiger partial charge in [0.1, 0.15) is 18.0 Å². The molecule has 3 rings (SSSR count). The molecule has 114 valence electrons. The normalized spacial score (nSPS) is 16.1. The van der Waals surface area contributed by atoms with Crippen LogP contribution in [0.2, 0.25) is 0 Å². The average molecular weight is 298 g/mol. The smallest absolute Gasteiger partial charge is 0.330 e. The van der Waals surface area contributed by atoms with Crippen LogP contribution in [0.3, 0.4) is 0 Å². The number of carbonyl (C=O) groups excluding carboxylic acids is 1. The van der Waals surface area contributed by atoms with Gasteiger partial charge in [-0.15, -0.1) is 0 Å². The number of esters is 1. The summed E-state index contributed by atoms with van der Waals surface area (Å²) in [5, 5.41) is 2.88. The van der Waals surface area contributed by atoms with Crippen molar-refractivity contribution in [1.29, 1.82) is 0 Å². The molecular weight excluding hydrogens is 280 g/mol. The summed E-state index contributed by atoms with van der Waals surface area (Å²) in [5.74, 6) is 0.0674. The SMILES string of the molecule is CC1CCc2ccc(NCC(=O)Oc3ccccc3)c(=O)n21. The molecule has 1 aromatic carbocycles. The number of nitrogens with zero attached hydrogens (tertiary/aromatic N) is 1. The summed E-state index contributed by atoms with van der Waals surface area (Å²) in [6.45, 7) is 1.99. The van der Waals surface area contributed by atoms with Crippen LogP contribution in [-0.4, -0.2) is 17.1 Å². The number of benzene rings is 1. The van der Waals surface area contributed by atoms with Gasteiger partial charge in [-0.3, -0.25) is 4.79 Å². The van der Waals surface area contributed by atoms with E-state index in [4.69, 9.17) is 4.74 Å². The summed E-state index contributed by atoms with van der Waals surface area (Å²) in [7, 11) is 0. The maximum atomic E-state index is 12.4. The van der Waals surface area contributed by atoms with Crippen LogP contribution in [0.1, 0.15) is 25.1 Å². The molecule has 0 amide bonds. The third-order valence-corrected chi connectivity index (χ3v) is 3.86. The molecule has 1 aromatic heterocycles. The summed E-state index contributed by atoms with van der Waals surface area (Å²) in [4.78, 5) is 24.2. The van der Waals surface area contributed by atoms with Crippen LogP contribution in [0.4, 0.5) is 5.69 Å². The van der Waals surface area contributed by atoms with Gasteiger partial charge in [0, 0.05) is 11.7 Å². The van der Waals surface area contributed by atoms with Crippen LogP contribution < -0.4 is 15.6 Å². The number of rotatable bonds is 4. The Hall–Kier alpha value is -2.56. The van der Waals surface area contributed by atoms with Crippen molar-refractivity contribution in [3.63, 3.8) is 0 Å². The zero-order chi connectivity index (χ0) is 15.5. The molecule has 0 spiro atoms. The molecule has 1 aliphatic heterocycles. The van der Waals surface area contributed by atoms with Crippen molar-refractivity contribution >= 4 is 11.7 Å². The summed E-state index contributed by atoms with van der Waals surface area (Å²) in [6.07, 6.45) is 1.90. The summed E-state index contributed by atoms with van der Waals surface area (Å²) in [5.41, 5.74) is 1.41. The molecule has 5 nitrogen and oxygen atoms in total. The second-order valence-corrected chi connectivity index (χ2v) is 5.44. The van der Waals surface area contributed by atoms with Crippen molar-refractivity contribution in [2.45, 2.75) is 25.8 Å². The fourth-order valence-corrected chi connectivity index (χ4v) is 2.72. The van der Waals surface area contributed by atoms with Crippen molar-refractivity contribution in [1.82, 2.24) is 4.57 Å². The Labute approximate surface area is 128 Å². The Morgan fingerprint density at radius 1 is 1.27 bits per heavy atom. The molecular formula is C17H18N2O3. The lowest BCUT2D eigenvalue weighted by atomic mass is 10.2. The van der Waals surface area contributed by atoms with Crippen LogP contribution in [0.25, 0.3) is 0 Å². The first-order chi connectivity index (χ1) is 10.6. The zero-order valence-electron chi connectivity index (χ0n) is 12.4. The van der Waals surface area contributed by atoms with E-state index >= 15 is 0 Å². The fraction of sp³-hybridized carbons (Fsp3) is 0.294. The van der Waals surface area contributed by atoms with E-state index in [1.54, 1.807) is 34.9 Å². The van der Waals surface area contributed by atoms with Gasteiger partial charge in [-0.25, -0.2) is 4.79 Å². The Morgan fingerprint density at radius 3 is 2.82 bits per heavy atom. The maximum Gasteiger partial charge on any atom is 0.330 e. The molecule has 1 N–H and O–H groups in total. The lowest BCUT2D eigenvalue weighted by Gasteiger charge is -2.12. The molecule has 2 aromatic rings. The second-order valence-electron chi connectivity index (χ2n) is 5.44. The van der Waals surface area contributed by atoms with Crippen LogP contribution in [0, 0.1) is 0 Å². The predicted molar refractivity (Wildman–Crippen MR) is 84.3 cm³/mol. The van der Waals surface area contributed by atoms with Crippen LogP contribution in [0.15, 0.2) is 47.3 Å². The Balaban J connectivity index is 1.66. The molecule has 5 heteroatoms. The third-order valence-electron chi connectivity index (χ3n) is 3.86. The third kappa shape index (κ3) is 2.88. The minimum absolute atomic E-state index is 0.0438. The van der Waals surface area contributed by atoms with E-state index in [1.165, 1.54) is 0 Å². The van der Waals surface area contributed by atoms with E-state index in [0.717, 1.165) is 18.5 Å². The molecule has 1 atom stereocenters. The van der Waals surface area contributed by atoms with Gasteiger partial charge in [-0.2, -0.15) is 0 Å². The fourth-order valence-electron chi connectivity index (χ4n) is 2.72. The Kier molecular flexibility index (Phi) is 3.96. The highest BCUT2D eigenvalue weighted by Gasteiger charge is 2.20. The van der Waals surface area contributed by atoms with Crippen LogP contribution in [-0.2, 0) is 11.2 Å². The predicted octanol–water partition coefficient (Wildman–Crippen LogP) is 2.37. The number of aryl methyl sites for hydroxylation is 1. The number of aromatic nitrogens is 1. The van der Waals surface area contributed by atoms with E-state index < -0.39 is 5.97 Å². The van der Waals surface area contributed by atoms with Crippen molar-refractivity contribution in [3.8, 4) is 5.75 Å². The number of fused-ring (bicyclic) bond motifs is 1. The van der Waals surface area contributed by atoms with Gasteiger partial charge in [0.05, 0.1) is 0 Å². The molecule has 0 saturated heterocycles. The number of nitrogens with one attached hydrogen (secondary N) is 1. The standard InChI is InChI=1S/C17H18N2O3/c1-12-7-8-13-9-10-15(17(21)19(12)13)18-11-16(20)22-14-5-3-2-4-6-14/h2-6,9-10,12,18H,7-8,11H2,1H3. The van der Waals surface area contributed by atoms with E-state index in [2.05, 4.69) is 5.32 Å². The van der Waals surface area contributed by atoms with E-state index in [1.807, 2.05) is 19.1 Å². The van der Waals surface area contributed by atoms with E-state index in [0.29, 0.717) is 11.4 Å². The summed E-state index contributed by atoms with van der Waals surface area (Å²) >= 11 is 0. The lowest BCUT2D eigenvalue weighted by Crippen LogP contribution is -2.28. The van der Waals surface area contributed by atoms with Gasteiger partial charge in [-0.1, -0.05) is 18.2 Å². The molecule has 1 unspecified atom stereocenters. The topological polar surface area (TPSA) is 60.3 Å². The number of anilines is 1. The number of ether oxygens (including phenoxy) is 1. The summed E-state index contributed by atoms with van der Waals surface area (Å²) < 4.78 is 6.98. The molecule has 0 aliphatic carbocycles. The van der Waals surface area contributed by atoms with Crippen LogP contribution in [0.5, 0.6) is 5.75 Å². The molecule has 2 heterocycles. The molecule has 22 heavy (non-hydrogen) atoms. The Bertz CT molecular complexity index is 737. The van der Waals surface area contributed by atoms with Crippen molar-refractivity contribution < 1.29 is 9.53 Å². The number of pyridine rings is 1. The minimum atomic E-state index is -0.427. The largest absolute Gasteiger partial charge is 0.425 e. The van der Waals surface area contributed by atoms with Gasteiger partial charge in [0.2, 0.25) is 0 Å². The quantitative estimate of drug-likeness (QED) is 0.695. The molecule has 1 aliphatic rings. The molecule has 0 bridgehead atoms. The highest BCUT2D eigenvalue weighted by atomic mass is 16.5. The number of hydrogen-bond acceptors (Lipinski definition) is 4. The van der Waals surface area contributed by atoms with Crippen molar-refractivity contribution in [3.05, 3.63) is 58.5 Å². The Morgan fingerprint density at radius 2 is 2.05 bits per heavy atom. The monoisotopic (exact) mass is 298 g/mol. The van der Waals surface area contributed by atoms with Gasteiger partial charge >= 0.3 is 5.97 Å². The minimum Gasteiger partial charge on any atom is -0.425 e. The average Bonchev–Trinajstić information content (AvgIpc) is 2.90. The molecule has 0 fully saturated rings.